The van der Waals surface area contributed by atoms with Gasteiger partial charge in [0.15, 0.2) is 0 Å². The molecule has 0 saturated carbocycles. The van der Waals surface area contributed by atoms with E-state index in [9.17, 15) is 12.8 Å². The van der Waals surface area contributed by atoms with Crippen molar-refractivity contribution in [2.75, 3.05) is 7.05 Å². The second kappa shape index (κ2) is 6.33. The molecule has 0 aliphatic carbocycles. The average Bonchev–Trinajstić information content (AvgIpc) is 2.98. The number of hydrogen-bond acceptors (Lipinski definition) is 3. The van der Waals surface area contributed by atoms with Crippen molar-refractivity contribution >= 4 is 32.5 Å². The zero-order valence-corrected chi connectivity index (χ0v) is 15.6. The van der Waals surface area contributed by atoms with Gasteiger partial charge in [0, 0.05) is 29.7 Å². The molecule has 3 heterocycles. The van der Waals surface area contributed by atoms with Gasteiger partial charge in [-0.15, -0.1) is 0 Å². The predicted octanol–water partition coefficient (Wildman–Crippen LogP) is 3.47. The number of pyridine rings is 1. The van der Waals surface area contributed by atoms with Crippen molar-refractivity contribution in [1.82, 2.24) is 14.3 Å². The van der Waals surface area contributed by atoms with E-state index in [0.717, 1.165) is 29.4 Å². The molecule has 0 radical (unpaired) electrons. The first-order chi connectivity index (χ1) is 12.4. The minimum absolute atomic E-state index is 0.112. The quantitative estimate of drug-likeness (QED) is 0.693. The Labute approximate surface area is 155 Å². The highest BCUT2D eigenvalue weighted by atomic mass is 35.5. The summed E-state index contributed by atoms with van der Waals surface area (Å²) in [5, 5.41) is 1.40. The Morgan fingerprint density at radius 2 is 2.12 bits per heavy atom. The lowest BCUT2D eigenvalue weighted by Gasteiger charge is -2.27. The third-order valence-electron chi connectivity index (χ3n) is 4.96. The molecule has 8 heteroatoms. The van der Waals surface area contributed by atoms with Crippen LogP contribution >= 0.6 is 11.6 Å². The smallest absolute Gasteiger partial charge is 0.240 e. The standard InChI is InChI=1S/C18H17ClFN3O2S/c1-21-26(24,25)17-5-3-13(20)7-15(17)11-2-4-14-6-12-9-22-18(19)8-16(12)23(14)10-11/h3,5-9,11,21H,2,4,10H2,1H3. The maximum absolute atomic E-state index is 13.9. The predicted molar refractivity (Wildman–Crippen MR) is 98.5 cm³/mol. The fraction of sp³-hybridized carbons (Fsp3) is 0.278. The summed E-state index contributed by atoms with van der Waals surface area (Å²) >= 11 is 6.03. The van der Waals surface area contributed by atoms with Gasteiger partial charge < -0.3 is 4.57 Å². The normalized spacial score (nSPS) is 17.4. The summed E-state index contributed by atoms with van der Waals surface area (Å²) in [4.78, 5) is 4.24. The van der Waals surface area contributed by atoms with Crippen LogP contribution in [0.1, 0.15) is 23.6 Å². The van der Waals surface area contributed by atoms with Crippen molar-refractivity contribution in [2.45, 2.75) is 30.2 Å². The van der Waals surface area contributed by atoms with Crippen LogP contribution < -0.4 is 4.72 Å². The highest BCUT2D eigenvalue weighted by Gasteiger charge is 2.27. The summed E-state index contributed by atoms with van der Waals surface area (Å²) in [5.41, 5.74) is 2.61. The maximum atomic E-state index is 13.9. The SMILES string of the molecule is CNS(=O)(=O)c1ccc(F)cc1C1CCc2cc3cnc(Cl)cc3n2C1. The Kier molecular flexibility index (Phi) is 4.25. The average molecular weight is 394 g/mol. The topological polar surface area (TPSA) is 64.0 Å². The molecule has 1 atom stereocenters. The zero-order chi connectivity index (χ0) is 18.5. The van der Waals surface area contributed by atoms with Crippen LogP contribution in [0.5, 0.6) is 0 Å². The van der Waals surface area contributed by atoms with E-state index in [1.165, 1.54) is 25.2 Å². The van der Waals surface area contributed by atoms with Crippen molar-refractivity contribution in [3.8, 4) is 0 Å². The molecule has 26 heavy (non-hydrogen) atoms. The number of nitrogens with zero attached hydrogens (tertiary/aromatic N) is 2. The van der Waals surface area contributed by atoms with E-state index in [1.807, 2.05) is 0 Å². The number of hydrogen-bond donors (Lipinski definition) is 1. The molecule has 1 aromatic carbocycles. The summed E-state index contributed by atoms with van der Waals surface area (Å²) < 4.78 is 43.1. The van der Waals surface area contributed by atoms with Gasteiger partial charge in [0.05, 0.1) is 10.4 Å². The number of benzene rings is 1. The monoisotopic (exact) mass is 393 g/mol. The lowest BCUT2D eigenvalue weighted by Crippen LogP contribution is -2.24. The minimum Gasteiger partial charge on any atom is -0.344 e. The van der Waals surface area contributed by atoms with Gasteiger partial charge in [-0.05, 0) is 55.8 Å². The van der Waals surface area contributed by atoms with E-state index >= 15 is 0 Å². The largest absolute Gasteiger partial charge is 0.344 e. The van der Waals surface area contributed by atoms with Crippen molar-refractivity contribution in [1.29, 1.82) is 0 Å². The maximum Gasteiger partial charge on any atom is 0.240 e. The molecule has 4 rings (SSSR count). The van der Waals surface area contributed by atoms with Crippen LogP contribution in [0.2, 0.25) is 5.15 Å². The number of nitrogens with one attached hydrogen (secondary N) is 1. The van der Waals surface area contributed by atoms with E-state index in [4.69, 9.17) is 11.6 Å². The number of aryl methyl sites for hydroxylation is 1. The molecule has 5 nitrogen and oxygen atoms in total. The zero-order valence-electron chi connectivity index (χ0n) is 14.0. The van der Waals surface area contributed by atoms with E-state index in [1.54, 1.807) is 12.3 Å². The first kappa shape index (κ1) is 17.5. The Balaban J connectivity index is 1.82. The van der Waals surface area contributed by atoms with E-state index in [2.05, 4.69) is 20.3 Å². The van der Waals surface area contributed by atoms with Crippen LogP contribution in [0, 0.1) is 5.82 Å². The summed E-state index contributed by atoms with van der Waals surface area (Å²) in [6.45, 7) is 0.564. The van der Waals surface area contributed by atoms with Crippen LogP contribution in [0.4, 0.5) is 4.39 Å². The molecule has 0 spiro atoms. The highest BCUT2D eigenvalue weighted by molar-refractivity contribution is 7.89. The Hall–Kier alpha value is -1.96. The fourth-order valence-electron chi connectivity index (χ4n) is 3.69. The lowest BCUT2D eigenvalue weighted by molar-refractivity contribution is 0.463. The molecule has 1 aliphatic rings. The van der Waals surface area contributed by atoms with Crippen molar-refractivity contribution in [3.63, 3.8) is 0 Å². The first-order valence-corrected chi connectivity index (χ1v) is 10.1. The number of fused-ring (bicyclic) bond motifs is 3. The lowest BCUT2D eigenvalue weighted by atomic mass is 9.90. The third kappa shape index (κ3) is 2.90. The Morgan fingerprint density at radius 1 is 1.31 bits per heavy atom. The van der Waals surface area contributed by atoms with Crippen molar-refractivity contribution in [3.05, 3.63) is 58.8 Å². The molecule has 136 valence electrons. The van der Waals surface area contributed by atoms with Crippen LogP contribution in [0.15, 0.2) is 41.4 Å². The molecule has 3 aromatic rings. The summed E-state index contributed by atoms with van der Waals surface area (Å²) in [5.74, 6) is -0.552. The van der Waals surface area contributed by atoms with Crippen LogP contribution in [-0.4, -0.2) is 25.0 Å². The first-order valence-electron chi connectivity index (χ1n) is 8.25. The van der Waals surface area contributed by atoms with Gasteiger partial charge in [-0.1, -0.05) is 11.6 Å². The van der Waals surface area contributed by atoms with Gasteiger partial charge in [-0.25, -0.2) is 22.5 Å². The number of aromatic nitrogens is 2. The Bertz CT molecular complexity index is 1110. The molecular formula is C18H17ClFN3O2S. The Morgan fingerprint density at radius 3 is 2.88 bits per heavy atom. The molecule has 1 aliphatic heterocycles. The van der Waals surface area contributed by atoms with Gasteiger partial charge in [0.25, 0.3) is 0 Å². The minimum atomic E-state index is -3.67. The third-order valence-corrected chi connectivity index (χ3v) is 6.65. The second-order valence-electron chi connectivity index (χ2n) is 6.44. The molecule has 0 fully saturated rings. The number of halogens is 2. The number of rotatable bonds is 3. The van der Waals surface area contributed by atoms with E-state index in [-0.39, 0.29) is 10.8 Å². The summed E-state index contributed by atoms with van der Waals surface area (Å²) in [7, 11) is -2.31. The molecule has 1 N–H and O–H groups in total. The molecular weight excluding hydrogens is 377 g/mol. The van der Waals surface area contributed by atoms with Gasteiger partial charge in [-0.3, -0.25) is 0 Å². The van der Waals surface area contributed by atoms with Gasteiger partial charge in [-0.2, -0.15) is 0 Å². The molecule has 0 saturated heterocycles. The van der Waals surface area contributed by atoms with Crippen LogP contribution in [0.3, 0.4) is 0 Å². The van der Waals surface area contributed by atoms with Crippen molar-refractivity contribution < 1.29 is 12.8 Å². The van der Waals surface area contributed by atoms with Crippen molar-refractivity contribution in [2.24, 2.45) is 0 Å². The number of sulfonamides is 1. The molecule has 1 unspecified atom stereocenters. The van der Waals surface area contributed by atoms with Gasteiger partial charge >= 0.3 is 0 Å². The summed E-state index contributed by atoms with van der Waals surface area (Å²) in [6, 6.07) is 7.73. The van der Waals surface area contributed by atoms with E-state index in [0.29, 0.717) is 17.3 Å². The summed E-state index contributed by atoms with van der Waals surface area (Å²) in [6.07, 6.45) is 3.25. The van der Waals surface area contributed by atoms with Crippen LogP contribution in [-0.2, 0) is 23.0 Å². The highest BCUT2D eigenvalue weighted by Crippen LogP contribution is 2.36. The second-order valence-corrected chi connectivity index (χ2v) is 8.68. The molecule has 0 amide bonds. The van der Waals surface area contributed by atoms with E-state index < -0.39 is 15.8 Å². The molecule has 0 bridgehead atoms. The molecule has 2 aromatic heterocycles. The van der Waals surface area contributed by atoms with Crippen LogP contribution in [0.25, 0.3) is 10.9 Å². The van der Waals surface area contributed by atoms with Gasteiger partial charge in [0.2, 0.25) is 10.0 Å². The van der Waals surface area contributed by atoms with Gasteiger partial charge in [0.1, 0.15) is 11.0 Å². The fourth-order valence-corrected chi connectivity index (χ4v) is 4.85.